The summed E-state index contributed by atoms with van der Waals surface area (Å²) in [7, 11) is -2.78. The van der Waals surface area contributed by atoms with Gasteiger partial charge in [-0.1, -0.05) is 18.2 Å². The third-order valence-electron chi connectivity index (χ3n) is 3.05. The number of carbonyl (C=O) groups excluding carboxylic acids is 1. The fourth-order valence-corrected chi connectivity index (χ4v) is 14.5. The van der Waals surface area contributed by atoms with E-state index in [0.29, 0.717) is 5.56 Å². The summed E-state index contributed by atoms with van der Waals surface area (Å²) in [5.41, 5.74) is 0.697. The van der Waals surface area contributed by atoms with Gasteiger partial charge in [-0.25, -0.2) is 0 Å². The molecule has 0 aliphatic rings. The molecule has 7 heteroatoms. The smallest absolute Gasteiger partial charge is 0.349 e. The van der Waals surface area contributed by atoms with Crippen LogP contribution in [0.3, 0.4) is 0 Å². The van der Waals surface area contributed by atoms with Crippen LogP contribution in [0.25, 0.3) is 0 Å². The zero-order valence-corrected chi connectivity index (χ0v) is 19.0. The van der Waals surface area contributed by atoms with E-state index in [2.05, 4.69) is 45.8 Å². The maximum atomic E-state index is 12.6. The largest absolute Gasteiger partial charge is 0.433 e. The molecule has 0 atom stereocenters. The number of nitrogens with zero attached hydrogens (tertiary/aromatic N) is 1. The molecule has 0 bridgehead atoms. The van der Waals surface area contributed by atoms with Crippen LogP contribution in [0.4, 0.5) is 0 Å². The highest BCUT2D eigenvalue weighted by Crippen LogP contribution is 2.22. The highest BCUT2D eigenvalue weighted by molar-refractivity contribution is 6.94. The molecule has 0 aromatic heterocycles. The minimum Gasteiger partial charge on any atom is -0.433 e. The van der Waals surface area contributed by atoms with E-state index in [1.54, 1.807) is 19.0 Å². The maximum absolute atomic E-state index is 12.6. The van der Waals surface area contributed by atoms with Gasteiger partial charge in [0, 0.05) is 24.8 Å². The molecule has 0 spiro atoms. The lowest BCUT2D eigenvalue weighted by Crippen LogP contribution is -2.61. The molecule has 1 aromatic carbocycles. The number of carbonyl (C=O) groups is 1. The number of hydrogen-bond donors (Lipinski definition) is 0. The molecule has 0 aliphatic heterocycles. The van der Waals surface area contributed by atoms with E-state index in [9.17, 15) is 4.79 Å². The summed E-state index contributed by atoms with van der Waals surface area (Å²) in [5, 5.41) is 0.948. The molecule has 0 radical (unpaired) electrons. The van der Waals surface area contributed by atoms with E-state index >= 15 is 0 Å². The van der Waals surface area contributed by atoms with Gasteiger partial charge in [-0.05, 0) is 51.9 Å². The second-order valence-electron chi connectivity index (χ2n) is 8.12. The Hall–Kier alpha value is -0.739. The highest BCUT2D eigenvalue weighted by atomic mass is 28.5. The van der Waals surface area contributed by atoms with Crippen LogP contribution >= 0.6 is 0 Å². The van der Waals surface area contributed by atoms with Gasteiger partial charge in [0.05, 0.1) is 0 Å². The topological polar surface area (TPSA) is 38.8 Å². The summed E-state index contributed by atoms with van der Waals surface area (Å²) in [6, 6.07) is 7.75. The second kappa shape index (κ2) is 7.02. The van der Waals surface area contributed by atoms with Crippen molar-refractivity contribution in [3.8, 4) is 0 Å². The van der Waals surface area contributed by atoms with Crippen LogP contribution < -0.4 is 5.19 Å². The summed E-state index contributed by atoms with van der Waals surface area (Å²) >= 11 is 0. The standard InChI is InChI=1S/C16H31NO3Si3/c1-17(2)16(18)14-12-10-11-13-15(14)23(9,19-21(3,4)5)20-22(6,7)8/h10-13H,1-9H3. The molecule has 4 nitrogen and oxygen atoms in total. The summed E-state index contributed by atoms with van der Waals surface area (Å²) in [5.74, 6) is -0.00215. The van der Waals surface area contributed by atoms with Crippen LogP contribution in [-0.4, -0.2) is 50.1 Å². The van der Waals surface area contributed by atoms with Crippen molar-refractivity contribution in [3.05, 3.63) is 29.8 Å². The zero-order chi connectivity index (χ0) is 18.1. The van der Waals surface area contributed by atoms with Crippen molar-refractivity contribution in [2.24, 2.45) is 0 Å². The second-order valence-corrected chi connectivity index (χ2v) is 20.6. The normalized spacial score (nSPS) is 13.1. The highest BCUT2D eigenvalue weighted by Gasteiger charge is 2.44. The molecule has 0 saturated carbocycles. The van der Waals surface area contributed by atoms with E-state index in [4.69, 9.17) is 8.23 Å². The Balaban J connectivity index is 3.46. The van der Waals surface area contributed by atoms with E-state index < -0.39 is 25.2 Å². The van der Waals surface area contributed by atoms with Crippen molar-refractivity contribution < 1.29 is 13.0 Å². The predicted molar refractivity (Wildman–Crippen MR) is 105 cm³/mol. The first-order chi connectivity index (χ1) is 10.3. The van der Waals surface area contributed by atoms with Crippen molar-refractivity contribution in [2.45, 2.75) is 45.8 Å². The SMILES string of the molecule is CN(C)C(=O)c1ccccc1[Si](C)(O[Si](C)(C)C)O[Si](C)(C)C. The first-order valence-corrected chi connectivity index (χ1v) is 17.1. The number of hydrogen-bond acceptors (Lipinski definition) is 3. The third kappa shape index (κ3) is 6.00. The lowest BCUT2D eigenvalue weighted by molar-refractivity contribution is 0.0828. The Morgan fingerprint density at radius 1 is 0.870 bits per heavy atom. The van der Waals surface area contributed by atoms with Gasteiger partial charge in [-0.15, -0.1) is 0 Å². The van der Waals surface area contributed by atoms with Gasteiger partial charge in [0.2, 0.25) is 0 Å². The van der Waals surface area contributed by atoms with Crippen LogP contribution in [-0.2, 0) is 8.23 Å². The zero-order valence-electron chi connectivity index (χ0n) is 16.0. The molecule has 0 fully saturated rings. The minimum absolute atomic E-state index is 0.00215. The first kappa shape index (κ1) is 20.3. The van der Waals surface area contributed by atoms with Gasteiger partial charge in [0.25, 0.3) is 5.91 Å². The molecule has 1 amide bonds. The summed E-state index contributed by atoms with van der Waals surface area (Å²) in [4.78, 5) is 14.2. The monoisotopic (exact) mass is 369 g/mol. The van der Waals surface area contributed by atoms with Crippen LogP contribution in [0.2, 0.25) is 45.8 Å². The van der Waals surface area contributed by atoms with Crippen LogP contribution in [0, 0.1) is 0 Å². The molecular formula is C16H31NO3Si3. The van der Waals surface area contributed by atoms with E-state index in [1.807, 2.05) is 24.3 Å². The summed E-state index contributed by atoms with van der Waals surface area (Å²) < 4.78 is 13.2. The predicted octanol–water partition coefficient (Wildman–Crippen LogP) is 3.37. The van der Waals surface area contributed by atoms with Gasteiger partial charge in [0.15, 0.2) is 16.6 Å². The van der Waals surface area contributed by atoms with E-state index in [-0.39, 0.29) is 5.91 Å². The minimum atomic E-state index is -2.67. The van der Waals surface area contributed by atoms with Crippen molar-refractivity contribution >= 4 is 36.3 Å². The summed E-state index contributed by atoms with van der Waals surface area (Å²) in [6.45, 7) is 15.1. The Bertz CT molecular complexity index is 546. The first-order valence-electron chi connectivity index (χ1n) is 7.97. The summed E-state index contributed by atoms with van der Waals surface area (Å²) in [6.07, 6.45) is 0. The average molecular weight is 370 g/mol. The molecule has 0 aliphatic carbocycles. The Kier molecular flexibility index (Phi) is 6.20. The van der Waals surface area contributed by atoms with Crippen molar-refractivity contribution in [2.75, 3.05) is 14.1 Å². The molecular weight excluding hydrogens is 338 g/mol. The lowest BCUT2D eigenvalue weighted by Gasteiger charge is -2.39. The molecule has 23 heavy (non-hydrogen) atoms. The fourth-order valence-electron chi connectivity index (χ4n) is 2.61. The van der Waals surface area contributed by atoms with Gasteiger partial charge in [-0.3, -0.25) is 4.79 Å². The van der Waals surface area contributed by atoms with E-state index in [0.717, 1.165) is 5.19 Å². The maximum Gasteiger partial charge on any atom is 0.349 e. The van der Waals surface area contributed by atoms with E-state index in [1.165, 1.54) is 0 Å². The lowest BCUT2D eigenvalue weighted by atomic mass is 10.2. The molecule has 0 N–H and O–H groups in total. The van der Waals surface area contributed by atoms with Crippen molar-refractivity contribution in [1.29, 1.82) is 0 Å². The molecule has 0 unspecified atom stereocenters. The van der Waals surface area contributed by atoms with Gasteiger partial charge >= 0.3 is 8.56 Å². The molecule has 0 saturated heterocycles. The molecule has 130 valence electrons. The average Bonchev–Trinajstić information content (AvgIpc) is 2.33. The molecule has 1 rings (SSSR count). The van der Waals surface area contributed by atoms with Crippen LogP contribution in [0.5, 0.6) is 0 Å². The third-order valence-corrected chi connectivity index (χ3v) is 12.5. The van der Waals surface area contributed by atoms with Gasteiger partial charge < -0.3 is 13.1 Å². The van der Waals surface area contributed by atoms with Gasteiger partial charge in [-0.2, -0.15) is 0 Å². The number of amides is 1. The van der Waals surface area contributed by atoms with Crippen LogP contribution in [0.1, 0.15) is 10.4 Å². The number of benzene rings is 1. The quantitative estimate of drug-likeness (QED) is 0.722. The van der Waals surface area contributed by atoms with Crippen LogP contribution in [0.15, 0.2) is 24.3 Å². The fraction of sp³-hybridized carbons (Fsp3) is 0.562. The number of rotatable bonds is 6. The Morgan fingerprint density at radius 3 is 1.70 bits per heavy atom. The Morgan fingerprint density at radius 2 is 1.30 bits per heavy atom. The Labute approximate surface area is 144 Å². The molecule has 1 aromatic rings. The molecule has 0 heterocycles. The van der Waals surface area contributed by atoms with Crippen molar-refractivity contribution in [1.82, 2.24) is 4.90 Å². The van der Waals surface area contributed by atoms with Gasteiger partial charge in [0.1, 0.15) is 0 Å². The van der Waals surface area contributed by atoms with Crippen molar-refractivity contribution in [3.63, 3.8) is 0 Å².